The van der Waals surface area contributed by atoms with E-state index < -0.39 is 0 Å². The van der Waals surface area contributed by atoms with Crippen LogP contribution in [0.2, 0.25) is 0 Å². The highest BCUT2D eigenvalue weighted by Crippen LogP contribution is 2.31. The van der Waals surface area contributed by atoms with Crippen LogP contribution in [0.4, 0.5) is 5.69 Å². The van der Waals surface area contributed by atoms with Gasteiger partial charge in [0.15, 0.2) is 0 Å². The smallest absolute Gasteiger partial charge is 0.224 e. The maximum absolute atomic E-state index is 12.5. The van der Waals surface area contributed by atoms with Gasteiger partial charge in [0.25, 0.3) is 0 Å². The monoisotopic (exact) mass is 403 g/mol. The van der Waals surface area contributed by atoms with Crippen molar-refractivity contribution in [3.8, 4) is 0 Å². The van der Waals surface area contributed by atoms with E-state index in [1.807, 2.05) is 37.0 Å². The first kappa shape index (κ1) is 19.3. The fourth-order valence-electron chi connectivity index (χ4n) is 3.65. The number of nitrogens with one attached hydrogen (secondary N) is 2. The van der Waals surface area contributed by atoms with Crippen molar-refractivity contribution in [1.29, 1.82) is 0 Å². The zero-order chi connectivity index (χ0) is 20.2. The van der Waals surface area contributed by atoms with Gasteiger partial charge in [0.1, 0.15) is 0 Å². The molecule has 0 unspecified atom stereocenters. The molecule has 148 valence electrons. The first-order chi connectivity index (χ1) is 14.1. The highest BCUT2D eigenvalue weighted by Gasteiger charge is 2.19. The largest absolute Gasteiger partial charge is 0.378 e. The zero-order valence-corrected chi connectivity index (χ0v) is 17.5. The van der Waals surface area contributed by atoms with Gasteiger partial charge in [0.2, 0.25) is 5.91 Å². The number of anilines is 1. The van der Waals surface area contributed by atoms with Crippen molar-refractivity contribution in [3.05, 3.63) is 88.2 Å². The molecule has 1 amide bonds. The fourth-order valence-corrected chi connectivity index (χ4v) is 4.32. The van der Waals surface area contributed by atoms with Gasteiger partial charge in [-0.1, -0.05) is 30.3 Å². The molecular formula is C24H25N3OS. The second-order valence-corrected chi connectivity index (χ2v) is 8.22. The van der Waals surface area contributed by atoms with E-state index in [2.05, 4.69) is 63.9 Å². The minimum atomic E-state index is 0.0538. The van der Waals surface area contributed by atoms with Crippen LogP contribution in [0.25, 0.3) is 10.9 Å². The highest BCUT2D eigenvalue weighted by molar-refractivity contribution is 7.08. The Morgan fingerprint density at radius 2 is 1.90 bits per heavy atom. The standard InChI is InChI=1S/C24H25N3OS/c1-27(2)19-9-7-18(8-10-19)21(14-26-24(28)13-17-11-12-29-16-17)22-15-25-23-6-4-3-5-20(22)23/h3-12,15-16,21,25H,13-14H2,1-2H3,(H,26,28)/t21-/m0/s1. The summed E-state index contributed by atoms with van der Waals surface area (Å²) in [4.78, 5) is 18.0. The molecule has 0 radical (unpaired) electrons. The molecule has 2 aromatic carbocycles. The molecule has 0 spiro atoms. The molecule has 29 heavy (non-hydrogen) atoms. The molecule has 0 aliphatic rings. The average molecular weight is 404 g/mol. The molecular weight excluding hydrogens is 378 g/mol. The van der Waals surface area contributed by atoms with Crippen molar-refractivity contribution in [2.45, 2.75) is 12.3 Å². The van der Waals surface area contributed by atoms with Crippen LogP contribution >= 0.6 is 11.3 Å². The number of amides is 1. The van der Waals surface area contributed by atoms with Crippen LogP contribution in [-0.2, 0) is 11.2 Å². The lowest BCUT2D eigenvalue weighted by Gasteiger charge is -2.20. The van der Waals surface area contributed by atoms with Gasteiger partial charge in [0.05, 0.1) is 6.42 Å². The molecule has 2 heterocycles. The van der Waals surface area contributed by atoms with E-state index in [1.54, 1.807) is 11.3 Å². The van der Waals surface area contributed by atoms with Crippen molar-refractivity contribution in [3.63, 3.8) is 0 Å². The topological polar surface area (TPSA) is 48.1 Å². The maximum Gasteiger partial charge on any atom is 0.224 e. The molecule has 0 aliphatic carbocycles. The summed E-state index contributed by atoms with van der Waals surface area (Å²) in [6.45, 7) is 0.562. The predicted molar refractivity (Wildman–Crippen MR) is 122 cm³/mol. The molecule has 5 heteroatoms. The van der Waals surface area contributed by atoms with E-state index in [1.165, 1.54) is 16.5 Å². The number of carbonyl (C=O) groups is 1. The molecule has 2 aromatic heterocycles. The number of hydrogen-bond acceptors (Lipinski definition) is 3. The second kappa shape index (κ2) is 8.53. The maximum atomic E-state index is 12.5. The van der Waals surface area contributed by atoms with Crippen molar-refractivity contribution in [1.82, 2.24) is 10.3 Å². The lowest BCUT2D eigenvalue weighted by molar-refractivity contribution is -0.120. The first-order valence-electron chi connectivity index (χ1n) is 9.73. The Morgan fingerprint density at radius 3 is 2.62 bits per heavy atom. The number of H-pyrrole nitrogens is 1. The molecule has 0 saturated heterocycles. The Labute approximate surface area is 175 Å². The van der Waals surface area contributed by atoms with Crippen LogP contribution < -0.4 is 10.2 Å². The number of thiophene rings is 1. The van der Waals surface area contributed by atoms with Crippen LogP contribution in [0.5, 0.6) is 0 Å². The average Bonchev–Trinajstić information content (AvgIpc) is 3.39. The van der Waals surface area contributed by atoms with Gasteiger partial charge in [-0.25, -0.2) is 0 Å². The van der Waals surface area contributed by atoms with Crippen LogP contribution in [0, 0.1) is 0 Å². The van der Waals surface area contributed by atoms with Crippen LogP contribution in [-0.4, -0.2) is 31.5 Å². The lowest BCUT2D eigenvalue weighted by Crippen LogP contribution is -2.30. The van der Waals surface area contributed by atoms with Crippen molar-refractivity contribution in [2.75, 3.05) is 25.5 Å². The molecule has 0 aliphatic heterocycles. The zero-order valence-electron chi connectivity index (χ0n) is 16.7. The minimum absolute atomic E-state index is 0.0538. The fraction of sp³-hybridized carbons (Fsp3) is 0.208. The van der Waals surface area contributed by atoms with Crippen LogP contribution in [0.3, 0.4) is 0 Å². The van der Waals surface area contributed by atoms with Gasteiger partial charge in [-0.3, -0.25) is 4.79 Å². The van der Waals surface area contributed by atoms with Gasteiger partial charge in [0, 0.05) is 49.3 Å². The summed E-state index contributed by atoms with van der Waals surface area (Å²) in [6, 6.07) is 18.9. The minimum Gasteiger partial charge on any atom is -0.378 e. The van der Waals surface area contributed by atoms with Crippen molar-refractivity contribution < 1.29 is 4.79 Å². The summed E-state index contributed by atoms with van der Waals surface area (Å²) >= 11 is 1.62. The highest BCUT2D eigenvalue weighted by atomic mass is 32.1. The summed E-state index contributed by atoms with van der Waals surface area (Å²) in [5.41, 5.74) is 5.73. The summed E-state index contributed by atoms with van der Waals surface area (Å²) < 4.78 is 0. The predicted octanol–water partition coefficient (Wildman–Crippen LogP) is 4.79. The van der Waals surface area contributed by atoms with Crippen LogP contribution in [0.1, 0.15) is 22.6 Å². The third-order valence-corrected chi connectivity index (χ3v) is 5.99. The Kier molecular flexibility index (Phi) is 5.67. The number of benzene rings is 2. The number of carbonyl (C=O) groups excluding carboxylic acids is 1. The number of hydrogen-bond donors (Lipinski definition) is 2. The summed E-state index contributed by atoms with van der Waals surface area (Å²) in [6.07, 6.45) is 2.49. The number of aromatic amines is 1. The first-order valence-corrected chi connectivity index (χ1v) is 10.7. The van der Waals surface area contributed by atoms with Gasteiger partial charge in [-0.05, 0) is 51.7 Å². The quantitative estimate of drug-likeness (QED) is 0.466. The molecule has 0 fully saturated rings. The van der Waals surface area contributed by atoms with E-state index >= 15 is 0 Å². The third-order valence-electron chi connectivity index (χ3n) is 5.26. The summed E-state index contributed by atoms with van der Waals surface area (Å²) in [7, 11) is 4.08. The number of fused-ring (bicyclic) bond motifs is 1. The van der Waals surface area contributed by atoms with E-state index in [0.29, 0.717) is 13.0 Å². The number of aromatic nitrogens is 1. The Hall–Kier alpha value is -3.05. The van der Waals surface area contributed by atoms with Crippen molar-refractivity contribution in [2.24, 2.45) is 0 Å². The summed E-state index contributed by atoms with van der Waals surface area (Å²) in [5, 5.41) is 8.38. The Bertz CT molecular complexity index is 1080. The van der Waals surface area contributed by atoms with Gasteiger partial charge >= 0.3 is 0 Å². The third kappa shape index (κ3) is 4.35. The normalized spacial score (nSPS) is 12.1. The SMILES string of the molecule is CN(C)c1ccc([C@H](CNC(=O)Cc2ccsc2)c2c[nH]c3ccccc23)cc1. The van der Waals surface area contributed by atoms with E-state index in [0.717, 1.165) is 16.8 Å². The van der Waals surface area contributed by atoms with E-state index in [4.69, 9.17) is 0 Å². The molecule has 0 saturated carbocycles. The second-order valence-electron chi connectivity index (χ2n) is 7.44. The summed E-state index contributed by atoms with van der Waals surface area (Å²) in [5.74, 6) is 0.131. The number of nitrogens with zero attached hydrogens (tertiary/aromatic N) is 1. The Balaban J connectivity index is 1.61. The van der Waals surface area contributed by atoms with E-state index in [9.17, 15) is 4.79 Å². The molecule has 0 bridgehead atoms. The van der Waals surface area contributed by atoms with Gasteiger partial charge in [-0.2, -0.15) is 11.3 Å². The lowest BCUT2D eigenvalue weighted by atomic mass is 9.90. The number of para-hydroxylation sites is 1. The van der Waals surface area contributed by atoms with Gasteiger partial charge < -0.3 is 15.2 Å². The van der Waals surface area contributed by atoms with E-state index in [-0.39, 0.29) is 11.8 Å². The van der Waals surface area contributed by atoms with Crippen molar-refractivity contribution >= 4 is 33.8 Å². The Morgan fingerprint density at radius 1 is 1.10 bits per heavy atom. The molecule has 2 N–H and O–H groups in total. The molecule has 4 aromatic rings. The van der Waals surface area contributed by atoms with Gasteiger partial charge in [-0.15, -0.1) is 0 Å². The molecule has 1 atom stereocenters. The van der Waals surface area contributed by atoms with Crippen LogP contribution in [0.15, 0.2) is 71.6 Å². The molecule has 4 rings (SSSR count). The molecule has 4 nitrogen and oxygen atoms in total. The number of rotatable bonds is 7.